The topological polar surface area (TPSA) is 0 Å². The van der Waals surface area contributed by atoms with Crippen LogP contribution in [0.25, 0.3) is 11.1 Å². The van der Waals surface area contributed by atoms with E-state index in [1.807, 2.05) is 27.7 Å². The average molecular weight is 268 g/mol. The van der Waals surface area contributed by atoms with Crippen LogP contribution in [0.4, 0.5) is 0 Å². The highest BCUT2D eigenvalue weighted by Crippen LogP contribution is 2.44. The fourth-order valence-electron chi connectivity index (χ4n) is 2.74. The predicted octanol–water partition coefficient (Wildman–Crippen LogP) is 6.49. The van der Waals surface area contributed by atoms with Gasteiger partial charge in [0.25, 0.3) is 0 Å². The van der Waals surface area contributed by atoms with Gasteiger partial charge in [-0.05, 0) is 36.1 Å². The predicted molar refractivity (Wildman–Crippen MR) is 91.6 cm³/mol. The van der Waals surface area contributed by atoms with Crippen molar-refractivity contribution >= 4 is 0 Å². The molecule has 0 heteroatoms. The number of hydrogen-bond acceptors (Lipinski definition) is 0. The van der Waals surface area contributed by atoms with Gasteiger partial charge in [0.15, 0.2) is 0 Å². The Labute approximate surface area is 124 Å². The van der Waals surface area contributed by atoms with Crippen LogP contribution >= 0.6 is 0 Å². The summed E-state index contributed by atoms with van der Waals surface area (Å²) in [5, 5.41) is 0. The molecule has 0 amide bonds. The summed E-state index contributed by atoms with van der Waals surface area (Å²) in [6.45, 7) is 14.6. The van der Waals surface area contributed by atoms with E-state index >= 15 is 0 Å². The lowest BCUT2D eigenvalue weighted by molar-refractivity contribution is 0.952. The molecule has 0 aromatic heterocycles. The van der Waals surface area contributed by atoms with Crippen molar-refractivity contribution < 1.29 is 0 Å². The molecule has 0 aliphatic heterocycles. The van der Waals surface area contributed by atoms with Gasteiger partial charge in [-0.1, -0.05) is 82.1 Å². The minimum absolute atomic E-state index is 0.546. The first-order valence-corrected chi connectivity index (χ1v) is 7.88. The van der Waals surface area contributed by atoms with Crippen LogP contribution in [0.2, 0.25) is 0 Å². The SMILES string of the molecule is CC.CC.Cc1ccc2c(c1)C(C)c1cc(C)ccc1-2. The van der Waals surface area contributed by atoms with E-state index in [2.05, 4.69) is 57.2 Å². The molecule has 0 radical (unpaired) electrons. The summed E-state index contributed by atoms with van der Waals surface area (Å²) < 4.78 is 0. The third-order valence-corrected chi connectivity index (χ3v) is 3.64. The van der Waals surface area contributed by atoms with Gasteiger partial charge < -0.3 is 0 Å². The molecule has 1 aliphatic rings. The van der Waals surface area contributed by atoms with Crippen LogP contribution in [0.5, 0.6) is 0 Å². The first-order valence-electron chi connectivity index (χ1n) is 7.88. The van der Waals surface area contributed by atoms with E-state index < -0.39 is 0 Å². The monoisotopic (exact) mass is 268 g/mol. The standard InChI is InChI=1S/C16H16.2C2H6/c1-10-4-6-13-14-7-5-11(2)9-16(14)12(3)15(13)8-10;2*1-2/h4-9,12H,1-3H3;2*1-2H3. The Balaban J connectivity index is 0.000000461. The number of fused-ring (bicyclic) bond motifs is 3. The van der Waals surface area contributed by atoms with Gasteiger partial charge in [0.2, 0.25) is 0 Å². The van der Waals surface area contributed by atoms with Crippen LogP contribution in [0.3, 0.4) is 0 Å². The lowest BCUT2D eigenvalue weighted by Crippen LogP contribution is -1.90. The molecule has 0 heterocycles. The summed E-state index contributed by atoms with van der Waals surface area (Å²) in [6.07, 6.45) is 0. The zero-order chi connectivity index (χ0) is 15.3. The summed E-state index contributed by atoms with van der Waals surface area (Å²) in [4.78, 5) is 0. The fourth-order valence-corrected chi connectivity index (χ4v) is 2.74. The van der Waals surface area contributed by atoms with Gasteiger partial charge >= 0.3 is 0 Å². The average Bonchev–Trinajstić information content (AvgIpc) is 2.76. The lowest BCUT2D eigenvalue weighted by atomic mass is 9.97. The molecule has 20 heavy (non-hydrogen) atoms. The molecule has 2 aromatic rings. The van der Waals surface area contributed by atoms with Crippen LogP contribution in [0.15, 0.2) is 36.4 Å². The van der Waals surface area contributed by atoms with E-state index in [4.69, 9.17) is 0 Å². The second kappa shape index (κ2) is 7.28. The van der Waals surface area contributed by atoms with Crippen molar-refractivity contribution in [3.05, 3.63) is 58.7 Å². The first-order chi connectivity index (χ1) is 9.66. The molecule has 0 N–H and O–H groups in total. The molecule has 0 atom stereocenters. The third kappa shape index (κ3) is 2.95. The highest BCUT2D eigenvalue weighted by molar-refractivity contribution is 5.79. The van der Waals surface area contributed by atoms with E-state index in [1.165, 1.54) is 33.4 Å². The normalized spacial score (nSPS) is 11.6. The maximum Gasteiger partial charge on any atom is 0.00735 e. The zero-order valence-electron chi connectivity index (χ0n) is 14.0. The highest BCUT2D eigenvalue weighted by atomic mass is 14.3. The van der Waals surface area contributed by atoms with Crippen molar-refractivity contribution in [2.24, 2.45) is 0 Å². The van der Waals surface area contributed by atoms with E-state index in [1.54, 1.807) is 0 Å². The molecule has 3 rings (SSSR count). The van der Waals surface area contributed by atoms with Crippen molar-refractivity contribution in [3.8, 4) is 11.1 Å². The number of aryl methyl sites for hydroxylation is 2. The van der Waals surface area contributed by atoms with Crippen LogP contribution < -0.4 is 0 Å². The minimum Gasteiger partial charge on any atom is -0.0683 e. The molecular formula is C20H28. The van der Waals surface area contributed by atoms with Crippen molar-refractivity contribution in [3.63, 3.8) is 0 Å². The molecule has 2 aromatic carbocycles. The fraction of sp³-hybridized carbons (Fsp3) is 0.400. The first kappa shape index (κ1) is 16.5. The van der Waals surface area contributed by atoms with Crippen LogP contribution in [-0.4, -0.2) is 0 Å². The number of rotatable bonds is 0. The maximum atomic E-state index is 2.33. The molecule has 108 valence electrons. The second-order valence-electron chi connectivity index (χ2n) is 4.90. The van der Waals surface area contributed by atoms with Gasteiger partial charge in [-0.2, -0.15) is 0 Å². The highest BCUT2D eigenvalue weighted by Gasteiger charge is 2.24. The van der Waals surface area contributed by atoms with Crippen LogP contribution in [0.1, 0.15) is 62.8 Å². The van der Waals surface area contributed by atoms with Crippen molar-refractivity contribution in [1.29, 1.82) is 0 Å². The van der Waals surface area contributed by atoms with Gasteiger partial charge in [-0.25, -0.2) is 0 Å². The Morgan fingerprint density at radius 1 is 0.650 bits per heavy atom. The van der Waals surface area contributed by atoms with Gasteiger partial charge in [0.1, 0.15) is 0 Å². The largest absolute Gasteiger partial charge is 0.0683 e. The quantitative estimate of drug-likeness (QED) is 0.512. The molecule has 0 spiro atoms. The van der Waals surface area contributed by atoms with E-state index in [0.29, 0.717) is 5.92 Å². The van der Waals surface area contributed by atoms with E-state index in [0.717, 1.165) is 0 Å². The zero-order valence-corrected chi connectivity index (χ0v) is 14.0. The van der Waals surface area contributed by atoms with E-state index in [-0.39, 0.29) is 0 Å². The van der Waals surface area contributed by atoms with Gasteiger partial charge in [-0.15, -0.1) is 0 Å². The smallest absolute Gasteiger partial charge is 0.00735 e. The molecule has 0 bridgehead atoms. The summed E-state index contributed by atoms with van der Waals surface area (Å²) in [5.74, 6) is 0.546. The number of benzene rings is 2. The van der Waals surface area contributed by atoms with Crippen LogP contribution in [0, 0.1) is 13.8 Å². The van der Waals surface area contributed by atoms with Crippen molar-refractivity contribution in [1.82, 2.24) is 0 Å². The molecule has 0 saturated heterocycles. The summed E-state index contributed by atoms with van der Waals surface area (Å²) >= 11 is 0. The molecule has 0 unspecified atom stereocenters. The summed E-state index contributed by atoms with van der Waals surface area (Å²) in [7, 11) is 0. The van der Waals surface area contributed by atoms with Gasteiger partial charge in [-0.3, -0.25) is 0 Å². The Hall–Kier alpha value is -1.56. The maximum absolute atomic E-state index is 2.33. The Morgan fingerprint density at radius 3 is 1.35 bits per heavy atom. The molecule has 0 nitrogen and oxygen atoms in total. The minimum atomic E-state index is 0.546. The molecular weight excluding hydrogens is 240 g/mol. The third-order valence-electron chi connectivity index (χ3n) is 3.64. The number of hydrogen-bond donors (Lipinski definition) is 0. The van der Waals surface area contributed by atoms with Crippen LogP contribution in [-0.2, 0) is 0 Å². The van der Waals surface area contributed by atoms with E-state index in [9.17, 15) is 0 Å². The van der Waals surface area contributed by atoms with Gasteiger partial charge in [0.05, 0.1) is 0 Å². The Kier molecular flexibility index (Phi) is 6.01. The second-order valence-corrected chi connectivity index (χ2v) is 4.90. The Bertz CT molecular complexity index is 513. The Morgan fingerprint density at radius 2 is 1.00 bits per heavy atom. The summed E-state index contributed by atoms with van der Waals surface area (Å²) in [5.41, 5.74) is 8.53. The van der Waals surface area contributed by atoms with Crippen molar-refractivity contribution in [2.45, 2.75) is 54.4 Å². The molecule has 0 fully saturated rings. The molecule has 1 aliphatic carbocycles. The lowest BCUT2D eigenvalue weighted by Gasteiger charge is -2.07. The molecule has 0 saturated carbocycles. The van der Waals surface area contributed by atoms with Crippen molar-refractivity contribution in [2.75, 3.05) is 0 Å². The van der Waals surface area contributed by atoms with Gasteiger partial charge in [0, 0.05) is 5.92 Å². The summed E-state index contributed by atoms with van der Waals surface area (Å²) in [6, 6.07) is 13.6.